The van der Waals surface area contributed by atoms with Crippen LogP contribution < -0.4 is 9.47 Å². The molecule has 0 bridgehead atoms. The number of hydrogen-bond donors (Lipinski definition) is 1. The molecule has 2 heterocycles. The van der Waals surface area contributed by atoms with Gasteiger partial charge in [0, 0.05) is 24.5 Å². The number of aliphatic hydroxyl groups is 1. The fourth-order valence-electron chi connectivity index (χ4n) is 3.86. The Labute approximate surface area is 189 Å². The number of amides is 1. The van der Waals surface area contributed by atoms with Crippen LogP contribution in [0.15, 0.2) is 72.6 Å². The first-order valence-corrected chi connectivity index (χ1v) is 10.1. The molecular weight excluding hydrogens is 427 g/mol. The third-order valence-corrected chi connectivity index (χ3v) is 5.46. The van der Waals surface area contributed by atoms with E-state index in [0.717, 1.165) is 0 Å². The van der Waals surface area contributed by atoms with E-state index in [4.69, 9.17) is 9.47 Å². The summed E-state index contributed by atoms with van der Waals surface area (Å²) in [5.74, 6) is -1.62. The van der Waals surface area contributed by atoms with E-state index in [9.17, 15) is 19.1 Å². The van der Waals surface area contributed by atoms with Gasteiger partial charge in [-0.15, -0.1) is 0 Å². The van der Waals surface area contributed by atoms with Crippen LogP contribution in [0.3, 0.4) is 0 Å². The maximum Gasteiger partial charge on any atom is 0.295 e. The molecule has 1 fully saturated rings. The Kier molecular flexibility index (Phi) is 6.08. The maximum absolute atomic E-state index is 13.6. The minimum Gasteiger partial charge on any atom is -0.507 e. The zero-order chi connectivity index (χ0) is 23.5. The van der Waals surface area contributed by atoms with Crippen LogP contribution in [0.25, 0.3) is 5.76 Å². The van der Waals surface area contributed by atoms with Crippen molar-refractivity contribution in [1.29, 1.82) is 0 Å². The second kappa shape index (κ2) is 9.12. The average Bonchev–Trinajstić information content (AvgIpc) is 3.09. The van der Waals surface area contributed by atoms with Crippen molar-refractivity contribution in [2.75, 3.05) is 14.2 Å². The number of nitrogens with zero attached hydrogens (tertiary/aromatic N) is 2. The zero-order valence-electron chi connectivity index (χ0n) is 18.0. The molecule has 1 amide bonds. The summed E-state index contributed by atoms with van der Waals surface area (Å²) >= 11 is 0. The number of pyridine rings is 1. The lowest BCUT2D eigenvalue weighted by atomic mass is 9.95. The van der Waals surface area contributed by atoms with Crippen molar-refractivity contribution in [2.24, 2.45) is 0 Å². The molecule has 7 nitrogen and oxygen atoms in total. The number of Topliss-reactive ketones (excluding diaryl/α,β-unsaturated/α-hetero) is 1. The lowest BCUT2D eigenvalue weighted by Gasteiger charge is -2.25. The second-order valence-electron chi connectivity index (χ2n) is 7.41. The third-order valence-electron chi connectivity index (χ3n) is 5.46. The summed E-state index contributed by atoms with van der Waals surface area (Å²) in [4.78, 5) is 31.5. The van der Waals surface area contributed by atoms with Gasteiger partial charge in [0.15, 0.2) is 11.5 Å². The summed E-state index contributed by atoms with van der Waals surface area (Å²) in [5.41, 5.74) is 1.38. The third kappa shape index (κ3) is 4.15. The number of aromatic nitrogens is 1. The normalized spacial score (nSPS) is 17.3. The fourth-order valence-corrected chi connectivity index (χ4v) is 3.86. The Morgan fingerprint density at radius 2 is 1.79 bits per heavy atom. The van der Waals surface area contributed by atoms with E-state index < -0.39 is 23.5 Å². The van der Waals surface area contributed by atoms with Gasteiger partial charge in [-0.3, -0.25) is 14.6 Å². The van der Waals surface area contributed by atoms with Gasteiger partial charge in [-0.1, -0.05) is 18.2 Å². The first kappa shape index (κ1) is 22.0. The smallest absolute Gasteiger partial charge is 0.295 e. The highest BCUT2D eigenvalue weighted by Gasteiger charge is 2.46. The van der Waals surface area contributed by atoms with Crippen LogP contribution >= 0.6 is 0 Å². The Balaban J connectivity index is 1.86. The van der Waals surface area contributed by atoms with Gasteiger partial charge in [-0.2, -0.15) is 0 Å². The van der Waals surface area contributed by atoms with Crippen molar-refractivity contribution in [3.63, 3.8) is 0 Å². The highest BCUT2D eigenvalue weighted by atomic mass is 19.1. The Morgan fingerprint density at radius 3 is 2.42 bits per heavy atom. The molecule has 1 aliphatic rings. The minimum atomic E-state index is -0.918. The van der Waals surface area contributed by atoms with Crippen LogP contribution in [0.5, 0.6) is 11.5 Å². The number of hydrogen-bond acceptors (Lipinski definition) is 6. The van der Waals surface area contributed by atoms with E-state index in [-0.39, 0.29) is 23.4 Å². The average molecular weight is 448 g/mol. The number of aliphatic hydroxyl groups excluding tert-OH is 1. The Morgan fingerprint density at radius 1 is 1.06 bits per heavy atom. The van der Waals surface area contributed by atoms with Crippen molar-refractivity contribution >= 4 is 17.4 Å². The minimum absolute atomic E-state index is 0.0865. The van der Waals surface area contributed by atoms with Gasteiger partial charge in [-0.05, 0) is 47.5 Å². The summed E-state index contributed by atoms with van der Waals surface area (Å²) in [6.45, 7) is 0.0865. The topological polar surface area (TPSA) is 89.0 Å². The van der Waals surface area contributed by atoms with Crippen molar-refractivity contribution in [2.45, 2.75) is 12.6 Å². The molecule has 4 rings (SSSR count). The summed E-state index contributed by atoms with van der Waals surface area (Å²) in [6, 6.07) is 12.7. The number of halogens is 1. The summed E-state index contributed by atoms with van der Waals surface area (Å²) in [5, 5.41) is 11.2. The zero-order valence-corrected chi connectivity index (χ0v) is 18.0. The van der Waals surface area contributed by atoms with Crippen molar-refractivity contribution in [3.05, 3.63) is 95.1 Å². The number of carbonyl (C=O) groups excluding carboxylic acids is 2. The molecule has 0 spiro atoms. The number of carbonyl (C=O) groups is 2. The van der Waals surface area contributed by atoms with Crippen molar-refractivity contribution in [1.82, 2.24) is 9.88 Å². The molecule has 168 valence electrons. The van der Waals surface area contributed by atoms with Crippen molar-refractivity contribution in [3.8, 4) is 11.5 Å². The van der Waals surface area contributed by atoms with Crippen LogP contribution in [-0.4, -0.2) is 40.9 Å². The van der Waals surface area contributed by atoms with E-state index in [1.165, 1.54) is 49.5 Å². The van der Waals surface area contributed by atoms with Crippen LogP contribution in [-0.2, 0) is 16.1 Å². The lowest BCUT2D eigenvalue weighted by Crippen LogP contribution is -2.29. The summed E-state index contributed by atoms with van der Waals surface area (Å²) in [6.07, 6.45) is 3.20. The molecule has 1 aromatic heterocycles. The Bertz CT molecular complexity index is 1230. The molecule has 1 aliphatic heterocycles. The molecule has 0 saturated carbocycles. The number of rotatable bonds is 6. The van der Waals surface area contributed by atoms with Gasteiger partial charge < -0.3 is 19.5 Å². The molecule has 0 aliphatic carbocycles. The first-order valence-electron chi connectivity index (χ1n) is 10.1. The SMILES string of the molecule is COc1ccc(C(O)=C2C(=O)C(=O)N(Cc3cccnc3)C2c2ccc(F)cc2)cc1OC. The molecule has 1 atom stereocenters. The highest BCUT2D eigenvalue weighted by Crippen LogP contribution is 2.41. The number of ether oxygens (including phenoxy) is 2. The molecule has 8 heteroatoms. The van der Waals surface area contributed by atoms with Gasteiger partial charge in [0.25, 0.3) is 11.7 Å². The summed E-state index contributed by atoms with van der Waals surface area (Å²) < 4.78 is 24.1. The number of benzene rings is 2. The molecule has 2 aromatic carbocycles. The van der Waals surface area contributed by atoms with Crippen LogP contribution in [0, 0.1) is 5.82 Å². The summed E-state index contributed by atoms with van der Waals surface area (Å²) in [7, 11) is 2.93. The highest BCUT2D eigenvalue weighted by molar-refractivity contribution is 6.46. The number of methoxy groups -OCH3 is 2. The van der Waals surface area contributed by atoms with E-state index in [0.29, 0.717) is 22.6 Å². The first-order chi connectivity index (χ1) is 15.9. The van der Waals surface area contributed by atoms with E-state index in [1.54, 1.807) is 36.7 Å². The number of likely N-dealkylation sites (tertiary alicyclic amines) is 1. The largest absolute Gasteiger partial charge is 0.507 e. The predicted molar refractivity (Wildman–Crippen MR) is 118 cm³/mol. The molecule has 33 heavy (non-hydrogen) atoms. The van der Waals surface area contributed by atoms with Crippen LogP contribution in [0.4, 0.5) is 4.39 Å². The van der Waals surface area contributed by atoms with Crippen molar-refractivity contribution < 1.29 is 28.6 Å². The molecule has 3 aromatic rings. The van der Waals surface area contributed by atoms with Gasteiger partial charge in [0.2, 0.25) is 0 Å². The molecule has 0 radical (unpaired) electrons. The molecule has 1 saturated heterocycles. The standard InChI is InChI=1S/C25H21FN2O5/c1-32-19-10-7-17(12-20(19)33-2)23(29)21-22(16-5-8-18(26)9-6-16)28(25(31)24(21)30)14-15-4-3-11-27-13-15/h3-13,22,29H,14H2,1-2H3. The molecular formula is C25H21FN2O5. The Hall–Kier alpha value is -4.20. The van der Waals surface area contributed by atoms with E-state index in [1.807, 2.05) is 0 Å². The van der Waals surface area contributed by atoms with Gasteiger partial charge in [0.05, 0.1) is 25.8 Å². The van der Waals surface area contributed by atoms with E-state index in [2.05, 4.69) is 4.98 Å². The maximum atomic E-state index is 13.6. The number of ketones is 1. The van der Waals surface area contributed by atoms with E-state index >= 15 is 0 Å². The van der Waals surface area contributed by atoms with Gasteiger partial charge >= 0.3 is 0 Å². The monoisotopic (exact) mass is 448 g/mol. The molecule has 1 unspecified atom stereocenters. The van der Waals surface area contributed by atoms with Crippen LogP contribution in [0.2, 0.25) is 0 Å². The molecule has 1 N–H and O–H groups in total. The van der Waals surface area contributed by atoms with Crippen LogP contribution in [0.1, 0.15) is 22.7 Å². The lowest BCUT2D eigenvalue weighted by molar-refractivity contribution is -0.140. The quantitative estimate of drug-likeness (QED) is 0.350. The van der Waals surface area contributed by atoms with Gasteiger partial charge in [0.1, 0.15) is 11.6 Å². The van der Waals surface area contributed by atoms with Gasteiger partial charge in [-0.25, -0.2) is 4.39 Å². The second-order valence-corrected chi connectivity index (χ2v) is 7.41. The predicted octanol–water partition coefficient (Wildman–Crippen LogP) is 3.86. The fraction of sp³-hybridized carbons (Fsp3) is 0.160.